The molecular weight excluding hydrogens is 298 g/mol. The molecule has 2 N–H and O–H groups in total. The molecule has 8 heteroatoms. The molecule has 0 atom stereocenters. The molecule has 1 rings (SSSR count). The number of benzene rings is 1. The van der Waals surface area contributed by atoms with Gasteiger partial charge in [0.2, 0.25) is 5.91 Å². The van der Waals surface area contributed by atoms with Crippen LogP contribution >= 0.6 is 11.6 Å². The molecule has 0 fully saturated rings. The van der Waals surface area contributed by atoms with E-state index < -0.39 is 10.8 Å². The van der Waals surface area contributed by atoms with E-state index in [9.17, 15) is 19.7 Å². The van der Waals surface area contributed by atoms with Crippen molar-refractivity contribution in [1.29, 1.82) is 0 Å². The van der Waals surface area contributed by atoms with Gasteiger partial charge < -0.3 is 10.6 Å². The van der Waals surface area contributed by atoms with E-state index in [-0.39, 0.29) is 35.1 Å². The summed E-state index contributed by atoms with van der Waals surface area (Å²) in [5.41, 5.74) is -0.315. The predicted octanol–water partition coefficient (Wildman–Crippen LogP) is 1.89. The van der Waals surface area contributed by atoms with Crippen molar-refractivity contribution in [2.45, 2.75) is 19.8 Å². The molecule has 0 spiro atoms. The van der Waals surface area contributed by atoms with Crippen molar-refractivity contribution in [3.63, 3.8) is 0 Å². The molecule has 0 aromatic heterocycles. The van der Waals surface area contributed by atoms with E-state index in [1.165, 1.54) is 18.2 Å². The van der Waals surface area contributed by atoms with Gasteiger partial charge in [-0.05, 0) is 12.5 Å². The fourth-order valence-electron chi connectivity index (χ4n) is 1.57. The number of nitrogens with one attached hydrogen (secondary N) is 2. The number of nitro benzene ring substituents is 1. The van der Waals surface area contributed by atoms with Crippen LogP contribution < -0.4 is 10.6 Å². The highest BCUT2D eigenvalue weighted by molar-refractivity contribution is 6.35. The van der Waals surface area contributed by atoms with Gasteiger partial charge in [0, 0.05) is 25.6 Å². The van der Waals surface area contributed by atoms with E-state index in [0.29, 0.717) is 6.54 Å². The number of rotatable bonds is 7. The average molecular weight is 314 g/mol. The second kappa shape index (κ2) is 8.21. The average Bonchev–Trinajstić information content (AvgIpc) is 2.44. The summed E-state index contributed by atoms with van der Waals surface area (Å²) in [5.74, 6) is -0.714. The van der Waals surface area contributed by atoms with Gasteiger partial charge in [-0.1, -0.05) is 24.6 Å². The summed E-state index contributed by atoms with van der Waals surface area (Å²) in [4.78, 5) is 33.3. The first-order valence-corrected chi connectivity index (χ1v) is 6.83. The Morgan fingerprint density at radius 3 is 2.62 bits per heavy atom. The molecule has 0 aliphatic carbocycles. The number of halogens is 1. The van der Waals surface area contributed by atoms with Gasteiger partial charge in [-0.15, -0.1) is 0 Å². The lowest BCUT2D eigenvalue weighted by Gasteiger charge is -2.07. The van der Waals surface area contributed by atoms with Crippen LogP contribution in [-0.4, -0.2) is 29.8 Å². The quantitative estimate of drug-likeness (QED) is 0.593. The van der Waals surface area contributed by atoms with Crippen LogP contribution in [0.15, 0.2) is 18.2 Å². The lowest BCUT2D eigenvalue weighted by atomic mass is 10.2. The summed E-state index contributed by atoms with van der Waals surface area (Å²) in [6.07, 6.45) is 0.972. The Kier molecular flexibility index (Phi) is 6.61. The second-order valence-corrected chi connectivity index (χ2v) is 4.63. The molecule has 0 saturated heterocycles. The Bertz CT molecular complexity index is 548. The molecule has 0 bridgehead atoms. The molecule has 1 aromatic carbocycles. The van der Waals surface area contributed by atoms with Gasteiger partial charge in [-0.2, -0.15) is 0 Å². The first kappa shape index (κ1) is 16.9. The van der Waals surface area contributed by atoms with E-state index in [0.717, 1.165) is 6.42 Å². The van der Waals surface area contributed by atoms with Crippen molar-refractivity contribution in [3.8, 4) is 0 Å². The summed E-state index contributed by atoms with van der Waals surface area (Å²) in [5, 5.41) is 15.7. The van der Waals surface area contributed by atoms with E-state index in [4.69, 9.17) is 11.6 Å². The Balaban J connectivity index is 2.59. The third kappa shape index (κ3) is 5.03. The van der Waals surface area contributed by atoms with Crippen LogP contribution in [0.2, 0.25) is 5.02 Å². The number of hydrogen-bond acceptors (Lipinski definition) is 4. The minimum atomic E-state index is -0.655. The van der Waals surface area contributed by atoms with Crippen LogP contribution in [0.4, 0.5) is 5.69 Å². The lowest BCUT2D eigenvalue weighted by Crippen LogP contribution is -2.31. The third-order valence-corrected chi connectivity index (χ3v) is 3.03. The van der Waals surface area contributed by atoms with Gasteiger partial charge in [-0.25, -0.2) is 0 Å². The first-order chi connectivity index (χ1) is 9.97. The number of nitrogens with zero attached hydrogens (tertiary/aromatic N) is 1. The summed E-state index contributed by atoms with van der Waals surface area (Å²) in [6, 6.07) is 3.99. The van der Waals surface area contributed by atoms with Crippen LogP contribution in [0, 0.1) is 10.1 Å². The largest absolute Gasteiger partial charge is 0.356 e. The maximum Gasteiger partial charge on any atom is 0.288 e. The van der Waals surface area contributed by atoms with Crippen molar-refractivity contribution < 1.29 is 14.5 Å². The Morgan fingerprint density at radius 2 is 2.00 bits per heavy atom. The van der Waals surface area contributed by atoms with Crippen molar-refractivity contribution in [1.82, 2.24) is 10.6 Å². The molecule has 1 aromatic rings. The highest BCUT2D eigenvalue weighted by Gasteiger charge is 2.19. The number of nitro groups is 1. The molecule has 114 valence electrons. The highest BCUT2D eigenvalue weighted by Crippen LogP contribution is 2.27. The smallest absolute Gasteiger partial charge is 0.288 e. The zero-order valence-corrected chi connectivity index (χ0v) is 12.3. The lowest BCUT2D eigenvalue weighted by molar-refractivity contribution is -0.384. The molecule has 0 heterocycles. The maximum atomic E-state index is 11.9. The van der Waals surface area contributed by atoms with Crippen LogP contribution in [-0.2, 0) is 4.79 Å². The predicted molar refractivity (Wildman–Crippen MR) is 78.4 cm³/mol. The molecule has 0 aliphatic rings. The highest BCUT2D eigenvalue weighted by atomic mass is 35.5. The summed E-state index contributed by atoms with van der Waals surface area (Å²) in [6.45, 7) is 2.66. The molecular formula is C13H16ClN3O4. The minimum Gasteiger partial charge on any atom is -0.356 e. The standard InChI is InChI=1S/C13H16ClN3O4/c1-2-7-15-11(18)6-8-16-13(19)9-4-3-5-10(12(9)14)17(20)21/h3-5H,2,6-8H2,1H3,(H,15,18)(H,16,19). The van der Waals surface area contributed by atoms with Gasteiger partial charge in [0.15, 0.2) is 0 Å². The minimum absolute atomic E-state index is 0.0137. The van der Waals surface area contributed by atoms with Gasteiger partial charge in [0.1, 0.15) is 5.02 Å². The summed E-state index contributed by atoms with van der Waals surface area (Å²) in [7, 11) is 0. The van der Waals surface area contributed by atoms with Crippen LogP contribution in [0.3, 0.4) is 0 Å². The topological polar surface area (TPSA) is 101 Å². The Hall–Kier alpha value is -2.15. The van der Waals surface area contributed by atoms with E-state index >= 15 is 0 Å². The van der Waals surface area contributed by atoms with E-state index in [1.807, 2.05) is 6.92 Å². The van der Waals surface area contributed by atoms with Crippen LogP contribution in [0.5, 0.6) is 0 Å². The van der Waals surface area contributed by atoms with Gasteiger partial charge in [0.05, 0.1) is 10.5 Å². The number of hydrogen-bond donors (Lipinski definition) is 2. The van der Waals surface area contributed by atoms with Crippen molar-refractivity contribution in [2.75, 3.05) is 13.1 Å². The van der Waals surface area contributed by atoms with Gasteiger partial charge >= 0.3 is 0 Å². The molecule has 0 aliphatic heterocycles. The number of amides is 2. The Morgan fingerprint density at radius 1 is 1.29 bits per heavy atom. The van der Waals surface area contributed by atoms with Crippen molar-refractivity contribution >= 4 is 29.1 Å². The molecule has 2 amide bonds. The van der Waals surface area contributed by atoms with Crippen molar-refractivity contribution in [2.24, 2.45) is 0 Å². The fraction of sp³-hybridized carbons (Fsp3) is 0.385. The van der Waals surface area contributed by atoms with Crippen molar-refractivity contribution in [3.05, 3.63) is 38.9 Å². The van der Waals surface area contributed by atoms with Crippen LogP contribution in [0.25, 0.3) is 0 Å². The SMILES string of the molecule is CCCNC(=O)CCNC(=O)c1cccc([N+](=O)[O-])c1Cl. The zero-order valence-electron chi connectivity index (χ0n) is 11.5. The number of carbonyl (C=O) groups is 2. The molecule has 7 nitrogen and oxygen atoms in total. The maximum absolute atomic E-state index is 11.9. The first-order valence-electron chi connectivity index (χ1n) is 6.45. The Labute approximate surface area is 126 Å². The third-order valence-electron chi connectivity index (χ3n) is 2.63. The molecule has 0 unspecified atom stereocenters. The second-order valence-electron chi connectivity index (χ2n) is 4.25. The molecule has 0 radical (unpaired) electrons. The zero-order chi connectivity index (χ0) is 15.8. The monoisotopic (exact) mass is 313 g/mol. The van der Waals surface area contributed by atoms with Gasteiger partial charge in [0.25, 0.3) is 11.6 Å². The normalized spacial score (nSPS) is 10.0. The van der Waals surface area contributed by atoms with E-state index in [2.05, 4.69) is 10.6 Å². The number of carbonyl (C=O) groups excluding carboxylic acids is 2. The molecule has 21 heavy (non-hydrogen) atoms. The van der Waals surface area contributed by atoms with Gasteiger partial charge in [-0.3, -0.25) is 19.7 Å². The summed E-state index contributed by atoms with van der Waals surface area (Å²) >= 11 is 5.83. The fourth-order valence-corrected chi connectivity index (χ4v) is 1.85. The van der Waals surface area contributed by atoms with E-state index in [1.54, 1.807) is 0 Å². The van der Waals surface area contributed by atoms with Crippen LogP contribution in [0.1, 0.15) is 30.1 Å². The molecule has 0 saturated carbocycles. The summed E-state index contributed by atoms with van der Waals surface area (Å²) < 4.78 is 0.